The number of fused-ring (bicyclic) bond motifs is 1. The van der Waals surface area contributed by atoms with Gasteiger partial charge in [0.2, 0.25) is 0 Å². The van der Waals surface area contributed by atoms with Crippen molar-refractivity contribution in [3.8, 4) is 22.8 Å². The minimum Gasteiger partial charge on any atom is -0.503 e. The van der Waals surface area contributed by atoms with Crippen LogP contribution in [0.1, 0.15) is 15.9 Å². The molecule has 0 aliphatic heterocycles. The number of phenols is 1. The number of carbonyl (C=O) groups is 1. The maximum Gasteiger partial charge on any atom is 0.274 e. The Morgan fingerprint density at radius 3 is 2.75 bits per heavy atom. The summed E-state index contributed by atoms with van der Waals surface area (Å²) in [5, 5.41) is 12.5. The molecule has 7 nitrogen and oxygen atoms in total. The molecule has 0 aliphatic carbocycles. The summed E-state index contributed by atoms with van der Waals surface area (Å²) in [6.07, 6.45) is 3.29. The second kappa shape index (κ2) is 8.97. The molecular weight excluding hydrogens is 457 g/mol. The van der Waals surface area contributed by atoms with Gasteiger partial charge in [-0.15, -0.1) is 0 Å². The first kappa shape index (κ1) is 21.8. The van der Waals surface area contributed by atoms with E-state index < -0.39 is 6.67 Å². The summed E-state index contributed by atoms with van der Waals surface area (Å²) in [6.45, 7) is -0.661. The molecule has 0 saturated heterocycles. The van der Waals surface area contributed by atoms with E-state index in [-0.39, 0.29) is 34.5 Å². The number of amides is 1. The van der Waals surface area contributed by atoms with E-state index in [2.05, 4.69) is 10.3 Å². The van der Waals surface area contributed by atoms with Crippen molar-refractivity contribution in [1.82, 2.24) is 14.7 Å². The zero-order chi connectivity index (χ0) is 22.8. The van der Waals surface area contributed by atoms with E-state index in [9.17, 15) is 19.1 Å². The zero-order valence-corrected chi connectivity index (χ0v) is 18.3. The number of nitrogens with one attached hydrogen (secondary N) is 1. The number of imidazole rings is 1. The molecule has 32 heavy (non-hydrogen) atoms. The number of aromatic hydroxyl groups is 1. The fourth-order valence-corrected chi connectivity index (χ4v) is 4.29. The predicted molar refractivity (Wildman–Crippen MR) is 122 cm³/mol. The Hall–Kier alpha value is -3.43. The number of methoxy groups -OCH3 is 1. The number of benzene rings is 2. The van der Waals surface area contributed by atoms with Crippen molar-refractivity contribution in [2.75, 3.05) is 20.3 Å². The maximum absolute atomic E-state index is 12.8. The van der Waals surface area contributed by atoms with Crippen LogP contribution in [0.4, 0.5) is 4.39 Å². The number of aromatic nitrogens is 2. The molecule has 2 heterocycles. The van der Waals surface area contributed by atoms with E-state index in [0.717, 1.165) is 5.56 Å². The number of ether oxygens (including phenoxy) is 1. The van der Waals surface area contributed by atoms with Gasteiger partial charge >= 0.3 is 0 Å². The quantitative estimate of drug-likeness (QED) is 0.449. The third-order valence-electron chi connectivity index (χ3n) is 4.70. The number of hydrogen-bond donors (Lipinski definition) is 2. The van der Waals surface area contributed by atoms with E-state index >= 15 is 0 Å². The lowest BCUT2D eigenvalue weighted by Gasteiger charge is -2.05. The SMILES string of the molecule is COc1cc(C=c2sc3nc(-c4ccc(C(=O)NCCF)cc4)cn3c2=O)cc(Cl)c1O. The first-order valence-corrected chi connectivity index (χ1v) is 10.7. The van der Waals surface area contributed by atoms with Crippen molar-refractivity contribution in [1.29, 1.82) is 0 Å². The summed E-state index contributed by atoms with van der Waals surface area (Å²) < 4.78 is 19.2. The molecule has 0 unspecified atom stereocenters. The van der Waals surface area contributed by atoms with E-state index in [0.29, 0.717) is 26.3 Å². The Bertz CT molecular complexity index is 1420. The summed E-state index contributed by atoms with van der Waals surface area (Å²) >= 11 is 7.23. The number of nitrogens with zero attached hydrogens (tertiary/aromatic N) is 2. The van der Waals surface area contributed by atoms with Gasteiger partial charge in [0.25, 0.3) is 11.5 Å². The van der Waals surface area contributed by atoms with Crippen molar-refractivity contribution >= 4 is 39.9 Å². The molecule has 10 heteroatoms. The molecule has 0 radical (unpaired) electrons. The van der Waals surface area contributed by atoms with Gasteiger partial charge in [0.15, 0.2) is 16.5 Å². The highest BCUT2D eigenvalue weighted by Crippen LogP contribution is 2.35. The van der Waals surface area contributed by atoms with Crippen molar-refractivity contribution < 1.29 is 19.0 Å². The average molecular weight is 474 g/mol. The first-order chi connectivity index (χ1) is 15.4. The van der Waals surface area contributed by atoms with Gasteiger partial charge in [-0.1, -0.05) is 35.1 Å². The third-order valence-corrected chi connectivity index (χ3v) is 5.97. The Morgan fingerprint density at radius 2 is 2.09 bits per heavy atom. The van der Waals surface area contributed by atoms with Crippen LogP contribution in [-0.2, 0) is 0 Å². The van der Waals surface area contributed by atoms with Crippen molar-refractivity contribution in [2.24, 2.45) is 0 Å². The average Bonchev–Trinajstić information content (AvgIpc) is 3.34. The maximum atomic E-state index is 12.8. The van der Waals surface area contributed by atoms with Gasteiger partial charge in [0.05, 0.1) is 22.4 Å². The molecule has 1 amide bonds. The standard InChI is InChI=1S/C22H17ClFN3O4S/c1-31-17-9-12(8-15(23)19(17)28)10-18-21(30)27-11-16(26-22(27)32-18)13-2-4-14(5-3-13)20(29)25-7-6-24/h2-5,8-11,28H,6-7H2,1H3,(H,25,29). The van der Waals surface area contributed by atoms with Crippen LogP contribution >= 0.6 is 22.9 Å². The number of alkyl halides is 1. The molecule has 0 bridgehead atoms. The Morgan fingerprint density at radius 1 is 1.34 bits per heavy atom. The predicted octanol–water partition coefficient (Wildman–Crippen LogP) is 3.04. The lowest BCUT2D eigenvalue weighted by atomic mass is 10.1. The molecule has 2 aromatic carbocycles. The molecule has 4 aromatic rings. The van der Waals surface area contributed by atoms with Crippen LogP contribution in [0.25, 0.3) is 22.3 Å². The van der Waals surface area contributed by atoms with Gasteiger partial charge in [-0.2, -0.15) is 0 Å². The van der Waals surface area contributed by atoms with E-state index in [1.165, 1.54) is 28.9 Å². The van der Waals surface area contributed by atoms with Crippen LogP contribution in [0.2, 0.25) is 5.02 Å². The molecule has 2 aromatic heterocycles. The monoisotopic (exact) mass is 473 g/mol. The highest BCUT2D eigenvalue weighted by molar-refractivity contribution is 7.15. The summed E-state index contributed by atoms with van der Waals surface area (Å²) in [5.74, 6) is -0.306. The molecule has 0 aliphatic rings. The van der Waals surface area contributed by atoms with Gasteiger partial charge in [-0.3, -0.25) is 14.0 Å². The molecule has 0 saturated carbocycles. The summed E-state index contributed by atoms with van der Waals surface area (Å²) in [4.78, 5) is 29.8. The van der Waals surface area contributed by atoms with Crippen molar-refractivity contribution in [3.05, 3.63) is 73.6 Å². The van der Waals surface area contributed by atoms with Crippen LogP contribution in [0.5, 0.6) is 11.5 Å². The van der Waals surface area contributed by atoms with Crippen molar-refractivity contribution in [3.63, 3.8) is 0 Å². The van der Waals surface area contributed by atoms with Gasteiger partial charge in [-0.05, 0) is 35.9 Å². The van der Waals surface area contributed by atoms with Gasteiger partial charge in [0.1, 0.15) is 6.67 Å². The molecule has 0 spiro atoms. The number of phenolic OH excluding ortho intramolecular Hbond substituents is 1. The fourth-order valence-electron chi connectivity index (χ4n) is 3.11. The van der Waals surface area contributed by atoms with Crippen LogP contribution in [0, 0.1) is 0 Å². The number of rotatable bonds is 6. The minimum absolute atomic E-state index is 0.0351. The molecular formula is C22H17ClFN3O4S. The summed E-state index contributed by atoms with van der Waals surface area (Å²) in [5.41, 5.74) is 2.10. The number of halogens is 2. The highest BCUT2D eigenvalue weighted by atomic mass is 35.5. The van der Waals surface area contributed by atoms with Gasteiger partial charge in [0, 0.05) is 23.9 Å². The zero-order valence-electron chi connectivity index (χ0n) is 16.8. The van der Waals surface area contributed by atoms with Crippen molar-refractivity contribution in [2.45, 2.75) is 0 Å². The topological polar surface area (TPSA) is 92.9 Å². The molecule has 0 fully saturated rings. The minimum atomic E-state index is -0.626. The summed E-state index contributed by atoms with van der Waals surface area (Å²) in [6, 6.07) is 9.81. The largest absolute Gasteiger partial charge is 0.503 e. The Kier molecular flexibility index (Phi) is 6.11. The third kappa shape index (κ3) is 4.17. The lowest BCUT2D eigenvalue weighted by molar-refractivity contribution is 0.0951. The second-order valence-corrected chi connectivity index (χ2v) is 8.19. The molecule has 2 N–H and O–H groups in total. The number of hydrogen-bond acceptors (Lipinski definition) is 6. The molecule has 164 valence electrons. The Labute approximate surface area is 190 Å². The molecule has 4 rings (SSSR count). The second-order valence-electron chi connectivity index (χ2n) is 6.77. The number of carbonyl (C=O) groups excluding carboxylic acids is 1. The van der Waals surface area contributed by atoms with Gasteiger partial charge in [-0.25, -0.2) is 9.37 Å². The molecule has 0 atom stereocenters. The van der Waals surface area contributed by atoms with E-state index in [1.54, 1.807) is 42.6 Å². The van der Waals surface area contributed by atoms with Crippen LogP contribution in [0.15, 0.2) is 47.4 Å². The fraction of sp³-hybridized carbons (Fsp3) is 0.136. The smallest absolute Gasteiger partial charge is 0.274 e. The number of thiazole rings is 1. The normalized spacial score (nSPS) is 11.8. The van der Waals surface area contributed by atoms with E-state index in [4.69, 9.17) is 16.3 Å². The first-order valence-electron chi connectivity index (χ1n) is 9.46. The summed E-state index contributed by atoms with van der Waals surface area (Å²) in [7, 11) is 1.41. The van der Waals surface area contributed by atoms with E-state index in [1.807, 2.05) is 0 Å². The van der Waals surface area contributed by atoms with Crippen LogP contribution in [0.3, 0.4) is 0 Å². The van der Waals surface area contributed by atoms with Gasteiger partial charge < -0.3 is 15.2 Å². The lowest BCUT2D eigenvalue weighted by Crippen LogP contribution is -2.25. The Balaban J connectivity index is 1.65. The van der Waals surface area contributed by atoms with Crippen LogP contribution < -0.4 is 20.1 Å². The van der Waals surface area contributed by atoms with Crippen LogP contribution in [-0.4, -0.2) is 40.7 Å². The highest BCUT2D eigenvalue weighted by Gasteiger charge is 2.13.